The Balaban J connectivity index is 2.17. The van der Waals surface area contributed by atoms with Crippen molar-refractivity contribution in [2.45, 2.75) is 6.92 Å². The van der Waals surface area contributed by atoms with E-state index < -0.39 is 0 Å². The Morgan fingerprint density at radius 2 is 2.25 bits per heavy atom. The van der Waals surface area contributed by atoms with Gasteiger partial charge < -0.3 is 0 Å². The summed E-state index contributed by atoms with van der Waals surface area (Å²) < 4.78 is 0. The number of fused-ring (bicyclic) bond motifs is 1. The summed E-state index contributed by atoms with van der Waals surface area (Å²) >= 11 is 0. The Hall–Kier alpha value is -0.105. The topological polar surface area (TPSA) is 0 Å². The third kappa shape index (κ3) is 0.357. The van der Waals surface area contributed by atoms with Gasteiger partial charge in [-0.3, -0.25) is 0 Å². The highest BCUT2D eigenvalue weighted by Gasteiger charge is 2.58. The largest absolute Gasteiger partial charge is 0.228 e. The molecule has 2 heterocycles. The minimum atomic E-state index is -0.106. The van der Waals surface area contributed by atoms with Crippen molar-refractivity contribution < 1.29 is 0 Å². The van der Waals surface area contributed by atoms with Gasteiger partial charge in [0.15, 0.2) is 0 Å². The fourth-order valence-corrected chi connectivity index (χ4v) is 3.97. The van der Waals surface area contributed by atoms with Crippen molar-refractivity contribution in [1.29, 1.82) is 0 Å². The highest BCUT2D eigenvalue weighted by atomic mass is 32.3. The van der Waals surface area contributed by atoms with Gasteiger partial charge in [-0.1, -0.05) is 17.0 Å². The maximum atomic E-state index is 2.40. The molecule has 0 saturated carbocycles. The van der Waals surface area contributed by atoms with Crippen molar-refractivity contribution in [2.24, 2.45) is 0 Å². The van der Waals surface area contributed by atoms with Gasteiger partial charge in [0.25, 0.3) is 0 Å². The second-order valence-electron chi connectivity index (χ2n) is 2.52. The van der Waals surface area contributed by atoms with E-state index in [1.54, 1.807) is 9.71 Å². The molecule has 2 rings (SSSR count). The Morgan fingerprint density at radius 1 is 1.62 bits per heavy atom. The molecule has 0 aromatic heterocycles. The summed E-state index contributed by atoms with van der Waals surface area (Å²) in [4.78, 5) is 3.48. The molecule has 1 unspecified atom stereocenters. The normalized spacial score (nSPS) is 47.8. The third-order valence-corrected chi connectivity index (χ3v) is 5.03. The molecule has 0 aromatic rings. The molecule has 0 aromatic carbocycles. The van der Waals surface area contributed by atoms with Crippen LogP contribution in [0, 0.1) is 0 Å². The van der Waals surface area contributed by atoms with Crippen molar-refractivity contribution in [3.05, 3.63) is 21.9 Å². The van der Waals surface area contributed by atoms with E-state index in [1.807, 2.05) is 0 Å². The third-order valence-electron chi connectivity index (χ3n) is 1.91. The number of allylic oxidation sites excluding steroid dienone is 2. The van der Waals surface area contributed by atoms with E-state index in [1.165, 1.54) is 6.56 Å². The van der Waals surface area contributed by atoms with Crippen LogP contribution < -0.4 is 0 Å². The first-order chi connectivity index (χ1) is 3.79. The van der Waals surface area contributed by atoms with Crippen molar-refractivity contribution in [1.82, 2.24) is 0 Å². The fraction of sp³-hybridized carbons (Fsp3) is 0.333. The number of rotatable bonds is 1. The van der Waals surface area contributed by atoms with Crippen LogP contribution in [0.15, 0.2) is 21.9 Å². The first-order valence-corrected chi connectivity index (χ1v) is 5.12. The van der Waals surface area contributed by atoms with Crippen LogP contribution in [-0.2, 0) is 0 Å². The quantitative estimate of drug-likeness (QED) is 0.367. The summed E-state index contributed by atoms with van der Waals surface area (Å²) in [6.07, 6.45) is 6.82. The number of hydrogen-bond acceptors (Lipinski definition) is 0. The summed E-state index contributed by atoms with van der Waals surface area (Å²) in [5.74, 6) is 0. The Bertz CT molecular complexity index is 205. The van der Waals surface area contributed by atoms with Crippen LogP contribution in [-0.4, -0.2) is 12.8 Å². The molecular weight excluding hydrogens is 115 g/mol. The predicted octanol–water partition coefficient (Wildman–Crippen LogP) is 1.54. The molecule has 0 bridgehead atoms. The highest BCUT2D eigenvalue weighted by Crippen LogP contribution is 2.88. The summed E-state index contributed by atoms with van der Waals surface area (Å²) in [5, 5.41) is 0. The van der Waals surface area contributed by atoms with E-state index in [4.69, 9.17) is 0 Å². The van der Waals surface area contributed by atoms with Crippen LogP contribution in [0.3, 0.4) is 0 Å². The molecule has 2 heteroatoms. The van der Waals surface area contributed by atoms with Crippen LogP contribution in [0.2, 0.25) is 0 Å². The highest BCUT2D eigenvalue weighted by molar-refractivity contribution is 8.74. The molecule has 0 spiro atoms. The van der Waals surface area contributed by atoms with Crippen LogP contribution in [0.1, 0.15) is 6.92 Å². The smallest absolute Gasteiger partial charge is 0.221 e. The summed E-state index contributed by atoms with van der Waals surface area (Å²) in [6, 6.07) is 0. The van der Waals surface area contributed by atoms with Crippen molar-refractivity contribution >= 4 is 16.4 Å². The van der Waals surface area contributed by atoms with Crippen LogP contribution in [0.25, 0.3) is 0 Å². The molecule has 42 valence electrons. The zero-order valence-electron chi connectivity index (χ0n) is 5.27. The fourth-order valence-electron chi connectivity index (χ4n) is 1.10. The van der Waals surface area contributed by atoms with Gasteiger partial charge in [0, 0.05) is 0 Å². The summed E-state index contributed by atoms with van der Waals surface area (Å²) in [6.45, 7) is 3.56. The Labute approximate surface area is 52.1 Å². The lowest BCUT2D eigenvalue weighted by Gasteiger charge is -1.97. The van der Waals surface area contributed by atoms with Gasteiger partial charge in [-0.05, 0) is 18.1 Å². The average Bonchev–Trinajstić information content (AvgIpc) is 2.49. The molecule has 0 aliphatic carbocycles. The molecule has 0 radical (unpaired) electrons. The van der Waals surface area contributed by atoms with Gasteiger partial charge >= 0.3 is 0 Å². The van der Waals surface area contributed by atoms with E-state index in [0.29, 0.717) is 0 Å². The van der Waals surface area contributed by atoms with Gasteiger partial charge in [0.2, 0.25) is 6.56 Å². The first-order valence-electron chi connectivity index (χ1n) is 2.91. The van der Waals surface area contributed by atoms with Crippen molar-refractivity contribution in [3.8, 4) is 0 Å². The van der Waals surface area contributed by atoms with Crippen LogP contribution in [0.5, 0.6) is 0 Å². The average molecular weight is 124 g/mol. The van der Waals surface area contributed by atoms with Gasteiger partial charge in [0.05, 0.1) is 0 Å². The van der Waals surface area contributed by atoms with Gasteiger partial charge in [-0.25, -0.2) is 9.88 Å². The second kappa shape index (κ2) is 1.08. The molecule has 1 fully saturated rings. The maximum absolute atomic E-state index is 2.40. The van der Waals surface area contributed by atoms with E-state index in [9.17, 15) is 0 Å². The SMILES string of the molecule is C/C=C\C1=C2BS21C. The summed E-state index contributed by atoms with van der Waals surface area (Å²) in [5.41, 5.74) is 0. The minimum absolute atomic E-state index is 0.106. The molecule has 0 amide bonds. The first kappa shape index (κ1) is 4.74. The van der Waals surface area contributed by atoms with Crippen molar-refractivity contribution in [3.63, 3.8) is 0 Å². The zero-order valence-corrected chi connectivity index (χ0v) is 6.09. The molecule has 2 aliphatic rings. The van der Waals surface area contributed by atoms with E-state index in [0.717, 1.165) is 0 Å². The Morgan fingerprint density at radius 3 is 2.38 bits per heavy atom. The van der Waals surface area contributed by atoms with Crippen LogP contribution >= 0.6 is 9.88 Å². The number of hydrogen-bond donors (Lipinski definition) is 0. The zero-order chi connectivity index (χ0) is 5.78. The minimum Gasteiger partial charge on any atom is -0.228 e. The van der Waals surface area contributed by atoms with E-state index in [2.05, 4.69) is 25.3 Å². The standard InChI is InChI=1S/C6H9BS/c1-3-4-5-6-7-8(5,6)2/h3-4,7H,1-2H3/b4-3-. The van der Waals surface area contributed by atoms with E-state index in [-0.39, 0.29) is 9.88 Å². The monoisotopic (exact) mass is 124 g/mol. The molecule has 1 atom stereocenters. The van der Waals surface area contributed by atoms with E-state index >= 15 is 0 Å². The molecule has 1 saturated heterocycles. The van der Waals surface area contributed by atoms with Gasteiger partial charge in [-0.2, -0.15) is 0 Å². The lowest BCUT2D eigenvalue weighted by atomic mass is 10.1. The lowest BCUT2D eigenvalue weighted by molar-refractivity contribution is 1.73. The molecule has 2 aliphatic heterocycles. The lowest BCUT2D eigenvalue weighted by Crippen LogP contribution is -1.72. The Kier molecular flexibility index (Phi) is 0.640. The second-order valence-corrected chi connectivity index (χ2v) is 5.92. The van der Waals surface area contributed by atoms with Crippen molar-refractivity contribution in [2.75, 3.05) is 6.26 Å². The van der Waals surface area contributed by atoms with Crippen LogP contribution in [0.4, 0.5) is 0 Å². The van der Waals surface area contributed by atoms with Gasteiger partial charge in [0.1, 0.15) is 0 Å². The predicted molar refractivity (Wildman–Crippen MR) is 42.5 cm³/mol. The molecular formula is C6H9BS. The summed E-state index contributed by atoms with van der Waals surface area (Å²) in [7, 11) is -0.106. The maximum Gasteiger partial charge on any atom is 0.221 e. The molecule has 0 nitrogen and oxygen atoms in total. The molecule has 8 heavy (non-hydrogen) atoms. The van der Waals surface area contributed by atoms with Gasteiger partial charge in [-0.15, -0.1) is 0 Å². The molecule has 0 N–H and O–H groups in total.